The summed E-state index contributed by atoms with van der Waals surface area (Å²) in [7, 11) is -3.67. The van der Waals surface area contributed by atoms with E-state index in [1.165, 1.54) is 0 Å². The van der Waals surface area contributed by atoms with E-state index in [0.29, 0.717) is 6.26 Å². The molecule has 0 amide bonds. The van der Waals surface area contributed by atoms with Crippen molar-refractivity contribution in [3.8, 4) is 0 Å². The SMILES string of the molecule is CS(=O)(=O)O.[H-].[Rb+]. The Morgan fingerprint density at radius 1 is 1.67 bits per heavy atom. The summed E-state index contributed by atoms with van der Waals surface area (Å²) in [5.74, 6) is 0. The summed E-state index contributed by atoms with van der Waals surface area (Å²) in [5, 5.41) is 0. The van der Waals surface area contributed by atoms with E-state index in [4.69, 9.17) is 4.55 Å². The van der Waals surface area contributed by atoms with Crippen molar-refractivity contribution in [2.75, 3.05) is 6.26 Å². The Balaban J connectivity index is -0.0000000800. The first-order valence-corrected chi connectivity index (χ1v) is 2.77. The van der Waals surface area contributed by atoms with Crippen molar-refractivity contribution in [2.24, 2.45) is 0 Å². The molecule has 0 saturated heterocycles. The molecule has 0 aliphatic rings. The first kappa shape index (κ1) is 10.7. The molecule has 1 N–H and O–H groups in total. The second-order valence-electron chi connectivity index (χ2n) is 0.733. The maximum Gasteiger partial charge on any atom is 1.00 e. The summed E-state index contributed by atoms with van der Waals surface area (Å²) in [5.41, 5.74) is 0. The molecule has 0 saturated carbocycles. The predicted molar refractivity (Wildman–Crippen MR) is 18.6 cm³/mol. The van der Waals surface area contributed by atoms with Gasteiger partial charge in [-0.1, -0.05) is 0 Å². The van der Waals surface area contributed by atoms with E-state index in [2.05, 4.69) is 0 Å². The molecule has 0 aliphatic heterocycles. The first-order chi connectivity index (χ1) is 2.00. The van der Waals surface area contributed by atoms with Crippen LogP contribution in [0, 0.1) is 0 Å². The van der Waals surface area contributed by atoms with E-state index in [0.717, 1.165) is 0 Å². The maximum absolute atomic E-state index is 9.19. The Labute approximate surface area is 87.1 Å². The summed E-state index contributed by atoms with van der Waals surface area (Å²) in [4.78, 5) is 0. The first-order valence-electron chi connectivity index (χ1n) is 0.924. The van der Waals surface area contributed by atoms with E-state index in [9.17, 15) is 8.42 Å². The van der Waals surface area contributed by atoms with E-state index in [-0.39, 0.29) is 59.6 Å². The van der Waals surface area contributed by atoms with Gasteiger partial charge in [-0.05, 0) is 0 Å². The molecule has 0 aromatic carbocycles. The second kappa shape index (κ2) is 3.68. The molecule has 0 aliphatic carbocycles. The van der Waals surface area contributed by atoms with Gasteiger partial charge in [-0.3, -0.25) is 4.55 Å². The van der Waals surface area contributed by atoms with Crippen LogP contribution >= 0.6 is 0 Å². The van der Waals surface area contributed by atoms with Gasteiger partial charge in [-0.2, -0.15) is 8.42 Å². The molecule has 0 unspecified atom stereocenters. The van der Waals surface area contributed by atoms with Crippen LogP contribution in [-0.2, 0) is 10.1 Å². The average molecular weight is 183 g/mol. The average Bonchev–Trinajstić information content (AvgIpc) is 0.722. The third kappa shape index (κ3) is 43.2. The molecule has 0 heterocycles. The smallest absolute Gasteiger partial charge is 1.00 e. The minimum atomic E-state index is -3.67. The molecule has 0 bridgehead atoms. The normalized spacial score (nSPS) is 9.67. The van der Waals surface area contributed by atoms with Crippen LogP contribution in [0.1, 0.15) is 1.43 Å². The zero-order valence-electron chi connectivity index (χ0n) is 4.67. The number of hydrogen-bond acceptors (Lipinski definition) is 2. The molecule has 0 radical (unpaired) electrons. The van der Waals surface area contributed by atoms with Crippen molar-refractivity contribution in [3.63, 3.8) is 0 Å². The summed E-state index contributed by atoms with van der Waals surface area (Å²) >= 11 is 0. The van der Waals surface area contributed by atoms with Crippen LogP contribution in [0.15, 0.2) is 0 Å². The van der Waals surface area contributed by atoms with Gasteiger partial charge >= 0.3 is 58.2 Å². The number of rotatable bonds is 0. The van der Waals surface area contributed by atoms with Gasteiger partial charge in [0.2, 0.25) is 0 Å². The molecule has 0 fully saturated rings. The van der Waals surface area contributed by atoms with Gasteiger partial charge in [0.15, 0.2) is 0 Å². The maximum atomic E-state index is 9.19. The predicted octanol–water partition coefficient (Wildman–Crippen LogP) is -3.38. The zero-order chi connectivity index (χ0) is 4.50. The van der Waals surface area contributed by atoms with E-state index >= 15 is 0 Å². The quantitative estimate of drug-likeness (QED) is 0.398. The third-order valence-corrected chi connectivity index (χ3v) is 0. The molecule has 5 heteroatoms. The van der Waals surface area contributed by atoms with Crippen LogP contribution in [0.25, 0.3) is 0 Å². The fraction of sp³-hybridized carbons (Fsp3) is 1.00. The van der Waals surface area contributed by atoms with Crippen molar-refractivity contribution in [2.45, 2.75) is 0 Å². The van der Waals surface area contributed by atoms with E-state index < -0.39 is 10.1 Å². The van der Waals surface area contributed by atoms with Crippen LogP contribution in [0.3, 0.4) is 0 Å². The van der Waals surface area contributed by atoms with Gasteiger partial charge < -0.3 is 1.43 Å². The molecular weight excluding hydrogens is 178 g/mol. The van der Waals surface area contributed by atoms with Crippen molar-refractivity contribution in [1.29, 1.82) is 0 Å². The van der Waals surface area contributed by atoms with Crippen molar-refractivity contribution >= 4 is 10.1 Å². The Hall–Kier alpha value is 1.72. The van der Waals surface area contributed by atoms with E-state index in [1.807, 2.05) is 0 Å². The molecule has 0 rings (SSSR count). The molecule has 0 atom stereocenters. The summed E-state index contributed by atoms with van der Waals surface area (Å²) in [6.45, 7) is 0. The summed E-state index contributed by atoms with van der Waals surface area (Å²) < 4.78 is 25.9. The fourth-order valence-electron chi connectivity index (χ4n) is 0. The Bertz CT molecular complexity index is 98.1. The van der Waals surface area contributed by atoms with Crippen LogP contribution < -0.4 is 58.2 Å². The Morgan fingerprint density at radius 3 is 1.67 bits per heavy atom. The van der Waals surface area contributed by atoms with Crippen molar-refractivity contribution in [1.82, 2.24) is 0 Å². The summed E-state index contributed by atoms with van der Waals surface area (Å²) in [6.07, 6.45) is 0.715. The second-order valence-corrected chi connectivity index (χ2v) is 2.20. The van der Waals surface area contributed by atoms with Crippen molar-refractivity contribution < 1.29 is 72.6 Å². The largest absolute Gasteiger partial charge is 1.00 e. The van der Waals surface area contributed by atoms with Crippen LogP contribution in [0.2, 0.25) is 0 Å². The molecule has 0 aromatic heterocycles. The van der Waals surface area contributed by atoms with Gasteiger partial charge in [-0.15, -0.1) is 0 Å². The molecule has 34 valence electrons. The van der Waals surface area contributed by atoms with Gasteiger partial charge in [0.1, 0.15) is 0 Å². The molecule has 0 spiro atoms. The molecule has 3 nitrogen and oxygen atoms in total. The van der Waals surface area contributed by atoms with E-state index in [1.54, 1.807) is 0 Å². The van der Waals surface area contributed by atoms with Crippen molar-refractivity contribution in [3.05, 3.63) is 0 Å². The Morgan fingerprint density at radius 2 is 1.67 bits per heavy atom. The van der Waals surface area contributed by atoms with Gasteiger partial charge in [0.05, 0.1) is 6.26 Å². The molecule has 0 aromatic rings. The van der Waals surface area contributed by atoms with Crippen LogP contribution in [0.5, 0.6) is 0 Å². The Kier molecular flexibility index (Phi) is 6.54. The topological polar surface area (TPSA) is 54.4 Å². The fourth-order valence-corrected chi connectivity index (χ4v) is 0. The molecular formula is CH5O3RbS. The monoisotopic (exact) mass is 182 g/mol. The number of hydrogen-bond donors (Lipinski definition) is 1. The zero-order valence-corrected chi connectivity index (χ0v) is 9.40. The molecule has 6 heavy (non-hydrogen) atoms. The van der Waals surface area contributed by atoms with Crippen LogP contribution in [-0.4, -0.2) is 19.2 Å². The van der Waals surface area contributed by atoms with Crippen LogP contribution in [0.4, 0.5) is 0 Å². The standard InChI is InChI=1S/CH4O3S.Rb.H/c1-5(2,3)4;;/h1H3,(H,2,3,4);;/q;+1;-1. The third-order valence-electron chi connectivity index (χ3n) is 0. The van der Waals surface area contributed by atoms with Gasteiger partial charge in [0.25, 0.3) is 10.1 Å². The van der Waals surface area contributed by atoms with Gasteiger partial charge in [0, 0.05) is 0 Å². The summed E-state index contributed by atoms with van der Waals surface area (Å²) in [6, 6.07) is 0. The van der Waals surface area contributed by atoms with Gasteiger partial charge in [-0.25, -0.2) is 0 Å². The minimum Gasteiger partial charge on any atom is -1.00 e. The minimum absolute atomic E-state index is 0.